The topological polar surface area (TPSA) is 81.7 Å². The highest BCUT2D eigenvalue weighted by molar-refractivity contribution is 6.05. The van der Waals surface area contributed by atoms with Crippen molar-refractivity contribution in [1.29, 1.82) is 0 Å². The monoisotopic (exact) mass is 359 g/mol. The molecule has 26 heavy (non-hydrogen) atoms. The van der Waals surface area contributed by atoms with Crippen molar-refractivity contribution >= 4 is 17.8 Å². The van der Waals surface area contributed by atoms with Crippen LogP contribution >= 0.6 is 0 Å². The Balaban J connectivity index is 1.72. The molecule has 0 radical (unpaired) electrons. The summed E-state index contributed by atoms with van der Waals surface area (Å²) in [7, 11) is 1.50. The predicted octanol–water partition coefficient (Wildman–Crippen LogP) is 2.27. The van der Waals surface area contributed by atoms with E-state index in [1.54, 1.807) is 24.3 Å². The van der Waals surface area contributed by atoms with E-state index in [2.05, 4.69) is 5.32 Å². The second-order valence-corrected chi connectivity index (χ2v) is 5.39. The smallest absolute Gasteiger partial charge is 0.306 e. The van der Waals surface area contributed by atoms with Crippen molar-refractivity contribution in [3.63, 3.8) is 0 Å². The fraction of sp³-hybridized carbons (Fsp3) is 0.211. The van der Waals surface area contributed by atoms with Gasteiger partial charge in [-0.05, 0) is 48.4 Å². The van der Waals surface area contributed by atoms with Gasteiger partial charge in [0.05, 0.1) is 7.11 Å². The van der Waals surface area contributed by atoms with Gasteiger partial charge >= 0.3 is 5.97 Å². The SMILES string of the molecule is COc1ccc(C(=O)NC(=O)COC(=O)CCc2ccc(F)cc2)cc1. The van der Waals surface area contributed by atoms with Crippen LogP contribution in [0.1, 0.15) is 22.3 Å². The molecule has 0 aliphatic heterocycles. The first-order chi connectivity index (χ1) is 12.5. The first kappa shape index (κ1) is 19.1. The van der Waals surface area contributed by atoms with Crippen LogP contribution in [0, 0.1) is 5.82 Å². The van der Waals surface area contributed by atoms with Crippen LogP contribution in [-0.4, -0.2) is 31.5 Å². The maximum atomic E-state index is 12.8. The summed E-state index contributed by atoms with van der Waals surface area (Å²) in [4.78, 5) is 35.2. The molecule has 0 saturated heterocycles. The summed E-state index contributed by atoms with van der Waals surface area (Å²) in [5, 5.41) is 2.13. The van der Waals surface area contributed by atoms with Gasteiger partial charge in [0.25, 0.3) is 11.8 Å². The zero-order chi connectivity index (χ0) is 18.9. The van der Waals surface area contributed by atoms with Crippen molar-refractivity contribution in [2.24, 2.45) is 0 Å². The quantitative estimate of drug-likeness (QED) is 0.767. The molecule has 2 aromatic rings. The Bertz CT molecular complexity index is 772. The summed E-state index contributed by atoms with van der Waals surface area (Å²) in [5.74, 6) is -1.67. The Morgan fingerprint density at radius 2 is 1.65 bits per heavy atom. The fourth-order valence-electron chi connectivity index (χ4n) is 2.09. The Kier molecular flexibility index (Phi) is 6.84. The average Bonchev–Trinajstić information content (AvgIpc) is 2.66. The molecule has 0 fully saturated rings. The van der Waals surface area contributed by atoms with Crippen molar-refractivity contribution in [2.45, 2.75) is 12.8 Å². The number of benzene rings is 2. The minimum absolute atomic E-state index is 0.0470. The molecule has 7 heteroatoms. The average molecular weight is 359 g/mol. The highest BCUT2D eigenvalue weighted by atomic mass is 19.1. The van der Waals surface area contributed by atoms with Crippen molar-refractivity contribution in [1.82, 2.24) is 5.32 Å². The van der Waals surface area contributed by atoms with Gasteiger partial charge in [-0.3, -0.25) is 19.7 Å². The first-order valence-corrected chi connectivity index (χ1v) is 7.86. The Labute approximate surface area is 149 Å². The molecule has 0 heterocycles. The minimum Gasteiger partial charge on any atom is -0.497 e. The Morgan fingerprint density at radius 1 is 1.00 bits per heavy atom. The molecule has 0 bridgehead atoms. The van der Waals surface area contributed by atoms with E-state index in [1.807, 2.05) is 0 Å². The number of esters is 1. The van der Waals surface area contributed by atoms with Crippen LogP contribution in [0.15, 0.2) is 48.5 Å². The van der Waals surface area contributed by atoms with Gasteiger partial charge < -0.3 is 9.47 Å². The molecule has 0 unspecified atom stereocenters. The van der Waals surface area contributed by atoms with Crippen LogP contribution in [0.5, 0.6) is 5.75 Å². The molecule has 0 aliphatic rings. The lowest BCUT2D eigenvalue weighted by Crippen LogP contribution is -2.34. The number of amides is 2. The van der Waals surface area contributed by atoms with E-state index in [0.717, 1.165) is 5.56 Å². The van der Waals surface area contributed by atoms with E-state index in [-0.39, 0.29) is 17.8 Å². The predicted molar refractivity (Wildman–Crippen MR) is 91.1 cm³/mol. The van der Waals surface area contributed by atoms with E-state index in [4.69, 9.17) is 9.47 Å². The number of halogens is 1. The fourth-order valence-corrected chi connectivity index (χ4v) is 2.09. The normalized spacial score (nSPS) is 10.1. The van der Waals surface area contributed by atoms with Crippen LogP contribution in [0.2, 0.25) is 0 Å². The van der Waals surface area contributed by atoms with Gasteiger partial charge in [-0.25, -0.2) is 4.39 Å². The summed E-state index contributed by atoms with van der Waals surface area (Å²) in [6.07, 6.45) is 0.414. The number of hydrogen-bond donors (Lipinski definition) is 1. The molecule has 0 spiro atoms. The maximum Gasteiger partial charge on any atom is 0.306 e. The van der Waals surface area contributed by atoms with Crippen molar-refractivity contribution in [3.05, 3.63) is 65.5 Å². The van der Waals surface area contributed by atoms with Crippen molar-refractivity contribution < 1.29 is 28.2 Å². The number of carbonyl (C=O) groups excluding carboxylic acids is 3. The third-order valence-corrected chi connectivity index (χ3v) is 3.50. The zero-order valence-corrected chi connectivity index (χ0v) is 14.2. The summed E-state index contributed by atoms with van der Waals surface area (Å²) in [5.41, 5.74) is 1.06. The molecule has 2 rings (SSSR count). The molecule has 2 amide bonds. The lowest BCUT2D eigenvalue weighted by molar-refractivity contribution is -0.148. The number of aryl methyl sites for hydroxylation is 1. The second-order valence-electron chi connectivity index (χ2n) is 5.39. The van der Waals surface area contributed by atoms with E-state index >= 15 is 0 Å². The van der Waals surface area contributed by atoms with Gasteiger partial charge in [0.2, 0.25) is 0 Å². The summed E-state index contributed by atoms with van der Waals surface area (Å²) in [6.45, 7) is -0.551. The van der Waals surface area contributed by atoms with Crippen LogP contribution in [0.4, 0.5) is 4.39 Å². The third-order valence-electron chi connectivity index (χ3n) is 3.50. The van der Waals surface area contributed by atoms with E-state index < -0.39 is 24.4 Å². The number of rotatable bonds is 7. The van der Waals surface area contributed by atoms with Gasteiger partial charge in [-0.15, -0.1) is 0 Å². The van der Waals surface area contributed by atoms with E-state index in [0.29, 0.717) is 12.2 Å². The minimum atomic E-state index is -0.721. The molecule has 6 nitrogen and oxygen atoms in total. The van der Waals surface area contributed by atoms with Gasteiger partial charge in [-0.1, -0.05) is 12.1 Å². The standard InChI is InChI=1S/C19H18FNO5/c1-25-16-9-5-14(6-10-16)19(24)21-17(22)12-26-18(23)11-4-13-2-7-15(20)8-3-13/h2-3,5-10H,4,11-12H2,1H3,(H,21,22,24). The van der Waals surface area contributed by atoms with Gasteiger partial charge in [0.15, 0.2) is 6.61 Å². The van der Waals surface area contributed by atoms with Crippen LogP contribution < -0.4 is 10.1 Å². The molecule has 0 atom stereocenters. The highest BCUT2D eigenvalue weighted by Crippen LogP contribution is 2.11. The summed E-state index contributed by atoms with van der Waals surface area (Å²) >= 11 is 0. The van der Waals surface area contributed by atoms with Crippen molar-refractivity contribution in [3.8, 4) is 5.75 Å². The molecule has 0 aromatic heterocycles. The summed E-state index contributed by atoms with van der Waals surface area (Å²) < 4.78 is 22.6. The second kappa shape index (κ2) is 9.31. The zero-order valence-electron chi connectivity index (χ0n) is 14.2. The lowest BCUT2D eigenvalue weighted by Gasteiger charge is -2.07. The number of methoxy groups -OCH3 is 1. The molecule has 1 N–H and O–H groups in total. The molecular weight excluding hydrogens is 341 g/mol. The number of hydrogen-bond acceptors (Lipinski definition) is 5. The Morgan fingerprint density at radius 3 is 2.27 bits per heavy atom. The maximum absolute atomic E-state index is 12.8. The van der Waals surface area contributed by atoms with Gasteiger partial charge in [0, 0.05) is 12.0 Å². The summed E-state index contributed by atoms with van der Waals surface area (Å²) in [6, 6.07) is 12.0. The molecule has 2 aromatic carbocycles. The highest BCUT2D eigenvalue weighted by Gasteiger charge is 2.13. The van der Waals surface area contributed by atoms with Gasteiger partial charge in [0.1, 0.15) is 11.6 Å². The molecule has 136 valence electrons. The first-order valence-electron chi connectivity index (χ1n) is 7.86. The Hall–Kier alpha value is -3.22. The van der Waals surface area contributed by atoms with Crippen LogP contribution in [0.3, 0.4) is 0 Å². The number of carbonyl (C=O) groups is 3. The van der Waals surface area contributed by atoms with E-state index in [9.17, 15) is 18.8 Å². The largest absolute Gasteiger partial charge is 0.497 e. The molecular formula is C19H18FNO5. The lowest BCUT2D eigenvalue weighted by atomic mass is 10.1. The number of imide groups is 1. The van der Waals surface area contributed by atoms with Crippen LogP contribution in [-0.2, 0) is 20.7 Å². The van der Waals surface area contributed by atoms with Crippen molar-refractivity contribution in [2.75, 3.05) is 13.7 Å². The molecule has 0 saturated carbocycles. The number of nitrogens with one attached hydrogen (secondary N) is 1. The van der Waals surface area contributed by atoms with Crippen LogP contribution in [0.25, 0.3) is 0 Å². The molecule has 0 aliphatic carbocycles. The van der Waals surface area contributed by atoms with E-state index in [1.165, 1.54) is 31.4 Å². The third kappa shape index (κ3) is 6.01. The van der Waals surface area contributed by atoms with Gasteiger partial charge in [-0.2, -0.15) is 0 Å². The number of ether oxygens (including phenoxy) is 2.